The summed E-state index contributed by atoms with van der Waals surface area (Å²) in [5, 5.41) is 2.54. The van der Waals surface area contributed by atoms with Gasteiger partial charge in [-0.15, -0.1) is 0 Å². The van der Waals surface area contributed by atoms with Crippen LogP contribution < -0.4 is 5.32 Å². The molecule has 0 aliphatic carbocycles. The molecule has 100 valence electrons. The van der Waals surface area contributed by atoms with Crippen molar-refractivity contribution in [2.45, 2.75) is 25.7 Å². The van der Waals surface area contributed by atoms with Gasteiger partial charge in [0.1, 0.15) is 0 Å². The van der Waals surface area contributed by atoms with Gasteiger partial charge in [-0.25, -0.2) is 0 Å². The van der Waals surface area contributed by atoms with Crippen molar-refractivity contribution in [3.8, 4) is 0 Å². The predicted octanol–water partition coefficient (Wildman–Crippen LogP) is -0.795. The summed E-state index contributed by atoms with van der Waals surface area (Å²) in [5.41, 5.74) is 0. The molecule has 0 aromatic carbocycles. The summed E-state index contributed by atoms with van der Waals surface area (Å²) in [7, 11) is 1.25. The summed E-state index contributed by atoms with van der Waals surface area (Å²) < 4.78 is 4.40. The van der Waals surface area contributed by atoms with Crippen LogP contribution in [0.2, 0.25) is 0 Å². The van der Waals surface area contributed by atoms with Crippen molar-refractivity contribution < 1.29 is 23.9 Å². The van der Waals surface area contributed by atoms with E-state index in [1.54, 1.807) is 0 Å². The van der Waals surface area contributed by atoms with Gasteiger partial charge in [-0.2, -0.15) is 0 Å². The zero-order chi connectivity index (χ0) is 13.5. The average molecular weight is 256 g/mol. The number of esters is 1. The molecule has 18 heavy (non-hydrogen) atoms. The summed E-state index contributed by atoms with van der Waals surface area (Å²) in [4.78, 5) is 45.7. The van der Waals surface area contributed by atoms with Crippen LogP contribution in [0.5, 0.6) is 0 Å². The number of rotatable bonds is 6. The number of hydrogen-bond acceptors (Lipinski definition) is 5. The Morgan fingerprint density at radius 2 is 1.83 bits per heavy atom. The lowest BCUT2D eigenvalue weighted by Gasteiger charge is -2.13. The van der Waals surface area contributed by atoms with E-state index < -0.39 is 5.97 Å². The minimum absolute atomic E-state index is 0.0178. The molecule has 3 amide bonds. The van der Waals surface area contributed by atoms with E-state index in [9.17, 15) is 19.2 Å². The highest BCUT2D eigenvalue weighted by Gasteiger charge is 2.28. The number of ether oxygens (including phenoxy) is 1. The lowest BCUT2D eigenvalue weighted by molar-refractivity contribution is -0.142. The van der Waals surface area contributed by atoms with E-state index in [1.807, 2.05) is 0 Å². The Hall–Kier alpha value is -1.92. The lowest BCUT2D eigenvalue weighted by atomic mass is 10.3. The van der Waals surface area contributed by atoms with Crippen LogP contribution in [0.15, 0.2) is 0 Å². The molecule has 0 spiro atoms. The minimum Gasteiger partial charge on any atom is -0.469 e. The van der Waals surface area contributed by atoms with Gasteiger partial charge in [0.25, 0.3) is 0 Å². The third-order valence-electron chi connectivity index (χ3n) is 2.60. The van der Waals surface area contributed by atoms with Crippen molar-refractivity contribution in [1.82, 2.24) is 10.2 Å². The van der Waals surface area contributed by atoms with Gasteiger partial charge < -0.3 is 10.1 Å². The van der Waals surface area contributed by atoms with Crippen LogP contribution in [0.3, 0.4) is 0 Å². The fourth-order valence-electron chi connectivity index (χ4n) is 1.59. The molecule has 1 aliphatic heterocycles. The third kappa shape index (κ3) is 4.15. The first-order valence-electron chi connectivity index (χ1n) is 5.71. The first-order chi connectivity index (χ1) is 8.54. The van der Waals surface area contributed by atoms with E-state index in [-0.39, 0.29) is 56.5 Å². The first kappa shape index (κ1) is 14.1. The van der Waals surface area contributed by atoms with Crippen molar-refractivity contribution in [2.75, 3.05) is 20.2 Å². The molecular weight excluding hydrogens is 240 g/mol. The molecule has 0 bridgehead atoms. The van der Waals surface area contributed by atoms with Crippen LogP contribution in [0.25, 0.3) is 0 Å². The number of imide groups is 1. The molecule has 0 atom stereocenters. The summed E-state index contributed by atoms with van der Waals surface area (Å²) in [6.45, 7) is 0.388. The van der Waals surface area contributed by atoms with Gasteiger partial charge >= 0.3 is 5.97 Å². The molecule has 1 heterocycles. The Bertz CT molecular complexity index is 350. The van der Waals surface area contributed by atoms with Crippen LogP contribution in [0, 0.1) is 0 Å². The number of carbonyl (C=O) groups is 4. The quantitative estimate of drug-likeness (QED) is 0.496. The Morgan fingerprint density at radius 3 is 2.39 bits per heavy atom. The minimum atomic E-state index is -0.449. The molecule has 1 fully saturated rings. The van der Waals surface area contributed by atoms with Crippen LogP contribution in [-0.2, 0) is 23.9 Å². The van der Waals surface area contributed by atoms with Gasteiger partial charge in [0.2, 0.25) is 17.7 Å². The molecule has 0 radical (unpaired) electrons. The van der Waals surface area contributed by atoms with E-state index >= 15 is 0 Å². The maximum Gasteiger partial charge on any atom is 0.306 e. The molecule has 7 nitrogen and oxygen atoms in total. The molecule has 0 aromatic rings. The van der Waals surface area contributed by atoms with Crippen molar-refractivity contribution in [3.63, 3.8) is 0 Å². The molecule has 0 saturated carbocycles. The van der Waals surface area contributed by atoms with Crippen LogP contribution in [0.1, 0.15) is 25.7 Å². The Balaban J connectivity index is 2.17. The largest absolute Gasteiger partial charge is 0.469 e. The van der Waals surface area contributed by atoms with Gasteiger partial charge in [-0.3, -0.25) is 24.1 Å². The second-order valence-corrected chi connectivity index (χ2v) is 3.87. The summed E-state index contributed by atoms with van der Waals surface area (Å²) in [6, 6.07) is 0. The number of hydrogen-bond donors (Lipinski definition) is 1. The number of likely N-dealkylation sites (tertiary alicyclic amines) is 1. The SMILES string of the molecule is COC(=O)CCC(=O)NCCN1C(=O)CCC1=O. The van der Waals surface area contributed by atoms with E-state index in [0.29, 0.717) is 0 Å². The molecule has 1 rings (SSSR count). The van der Waals surface area contributed by atoms with E-state index in [4.69, 9.17) is 0 Å². The molecule has 1 aliphatic rings. The third-order valence-corrected chi connectivity index (χ3v) is 2.60. The molecule has 0 aromatic heterocycles. The van der Waals surface area contributed by atoms with Gasteiger partial charge in [0.15, 0.2) is 0 Å². The molecular formula is C11H16N2O5. The van der Waals surface area contributed by atoms with Gasteiger partial charge in [0.05, 0.1) is 13.5 Å². The second-order valence-electron chi connectivity index (χ2n) is 3.87. The average Bonchev–Trinajstić information content (AvgIpc) is 2.67. The lowest BCUT2D eigenvalue weighted by Crippen LogP contribution is -2.37. The van der Waals surface area contributed by atoms with Crippen molar-refractivity contribution in [2.24, 2.45) is 0 Å². The Kier molecular flexibility index (Phi) is 5.29. The van der Waals surface area contributed by atoms with E-state index in [0.717, 1.165) is 4.90 Å². The topological polar surface area (TPSA) is 92.8 Å². The van der Waals surface area contributed by atoms with E-state index in [2.05, 4.69) is 10.1 Å². The van der Waals surface area contributed by atoms with Crippen molar-refractivity contribution in [3.05, 3.63) is 0 Å². The number of nitrogens with one attached hydrogen (secondary N) is 1. The molecule has 0 unspecified atom stereocenters. The summed E-state index contributed by atoms with van der Waals surface area (Å²) in [6.07, 6.45) is 0.544. The predicted molar refractivity (Wildman–Crippen MR) is 60.2 cm³/mol. The van der Waals surface area contributed by atoms with E-state index in [1.165, 1.54) is 7.11 Å². The fourth-order valence-corrected chi connectivity index (χ4v) is 1.59. The maximum atomic E-state index is 11.3. The molecule has 1 N–H and O–H groups in total. The van der Waals surface area contributed by atoms with Gasteiger partial charge in [-0.1, -0.05) is 0 Å². The zero-order valence-corrected chi connectivity index (χ0v) is 10.2. The number of nitrogens with zero attached hydrogens (tertiary/aromatic N) is 1. The highest BCUT2D eigenvalue weighted by molar-refractivity contribution is 6.01. The molecule has 7 heteroatoms. The first-order valence-corrected chi connectivity index (χ1v) is 5.71. The van der Waals surface area contributed by atoms with Crippen LogP contribution >= 0.6 is 0 Å². The highest BCUT2D eigenvalue weighted by atomic mass is 16.5. The van der Waals surface area contributed by atoms with Gasteiger partial charge in [-0.05, 0) is 0 Å². The fraction of sp³-hybridized carbons (Fsp3) is 0.636. The smallest absolute Gasteiger partial charge is 0.306 e. The summed E-state index contributed by atoms with van der Waals surface area (Å²) >= 11 is 0. The number of methoxy groups -OCH3 is 1. The van der Waals surface area contributed by atoms with Crippen molar-refractivity contribution in [1.29, 1.82) is 0 Å². The molecule has 1 saturated heterocycles. The normalized spacial score (nSPS) is 14.8. The van der Waals surface area contributed by atoms with Crippen molar-refractivity contribution >= 4 is 23.7 Å². The highest BCUT2D eigenvalue weighted by Crippen LogP contribution is 2.10. The maximum absolute atomic E-state index is 11.3. The monoisotopic (exact) mass is 256 g/mol. The second kappa shape index (κ2) is 6.73. The van der Waals surface area contributed by atoms with Gasteiger partial charge in [0, 0.05) is 32.4 Å². The zero-order valence-electron chi connectivity index (χ0n) is 10.2. The number of amides is 3. The van der Waals surface area contributed by atoms with Crippen LogP contribution in [-0.4, -0.2) is 48.8 Å². The standard InChI is InChI=1S/C11H16N2O5/c1-18-11(17)5-2-8(14)12-6-7-13-9(15)3-4-10(13)16/h2-7H2,1H3,(H,12,14). The number of carbonyl (C=O) groups excluding carboxylic acids is 4. The Labute approximate surface area is 104 Å². The van der Waals surface area contributed by atoms with Crippen LogP contribution in [0.4, 0.5) is 0 Å². The summed E-state index contributed by atoms with van der Waals surface area (Å²) in [5.74, 6) is -1.16. The Morgan fingerprint density at radius 1 is 1.22 bits per heavy atom.